The average molecular weight is 485 g/mol. The van der Waals surface area contributed by atoms with Gasteiger partial charge in [-0.1, -0.05) is 20.8 Å². The van der Waals surface area contributed by atoms with E-state index < -0.39 is 40.0 Å². The number of fused-ring (bicyclic) bond motifs is 5. The fraction of sp³-hybridized carbons (Fsp3) is 0.800. The van der Waals surface area contributed by atoms with Crippen LogP contribution in [0, 0.1) is 39.9 Å². The van der Waals surface area contributed by atoms with Gasteiger partial charge in [0.25, 0.3) is 0 Å². The molecule has 0 bridgehead atoms. The van der Waals surface area contributed by atoms with Crippen molar-refractivity contribution in [3.8, 4) is 0 Å². The molecule has 8 heteroatoms. The molecule has 0 amide bonds. The molecule has 3 saturated carbocycles. The normalized spacial score (nSPS) is 46.1. The molecule has 3 fully saturated rings. The van der Waals surface area contributed by atoms with Crippen LogP contribution in [-0.4, -0.2) is 50.7 Å². The van der Waals surface area contributed by atoms with Gasteiger partial charge in [-0.2, -0.15) is 0 Å². The summed E-state index contributed by atoms with van der Waals surface area (Å²) in [6.07, 6.45) is 1.75. The number of halogens is 2. The highest BCUT2D eigenvalue weighted by atomic mass is 35.5. The molecular formula is C25H34ClFO6. The number of hydrogen-bond acceptors (Lipinski definition) is 5. The highest BCUT2D eigenvalue weighted by Gasteiger charge is 2.70. The van der Waals surface area contributed by atoms with Crippen LogP contribution in [0.3, 0.4) is 0 Å². The predicted octanol–water partition coefficient (Wildman–Crippen LogP) is 3.66. The Hall–Kier alpha value is -1.31. The van der Waals surface area contributed by atoms with Crippen LogP contribution in [0.15, 0.2) is 11.6 Å². The molecule has 0 radical (unpaired) electrons. The number of alkyl halides is 2. The molecule has 0 aromatic carbocycles. The summed E-state index contributed by atoms with van der Waals surface area (Å²) in [5.41, 5.74) is -1.92. The molecule has 0 saturated heterocycles. The lowest BCUT2D eigenvalue weighted by molar-refractivity contribution is -0.202. The van der Waals surface area contributed by atoms with E-state index in [1.807, 2.05) is 13.8 Å². The van der Waals surface area contributed by atoms with Gasteiger partial charge < -0.3 is 15.3 Å². The van der Waals surface area contributed by atoms with Gasteiger partial charge in [-0.3, -0.25) is 14.4 Å². The smallest absolute Gasteiger partial charge is 0.303 e. The van der Waals surface area contributed by atoms with Crippen molar-refractivity contribution in [3.63, 3.8) is 0 Å². The van der Waals surface area contributed by atoms with Crippen LogP contribution in [0.4, 0.5) is 4.39 Å². The Kier molecular flexibility index (Phi) is 5.90. The third kappa shape index (κ3) is 3.29. The maximum absolute atomic E-state index is 15.6. The Labute approximate surface area is 198 Å². The number of aliphatic hydroxyl groups is 2. The summed E-state index contributed by atoms with van der Waals surface area (Å²) in [5, 5.41) is 30.1. The Bertz CT molecular complexity index is 917. The Balaban J connectivity index is 1.77. The molecule has 3 N–H and O–H groups in total. The third-order valence-electron chi connectivity index (χ3n) is 10.2. The number of aliphatic carboxylic acids is 1. The quantitative estimate of drug-likeness (QED) is 0.405. The molecule has 4 aliphatic rings. The van der Waals surface area contributed by atoms with Gasteiger partial charge in [0.15, 0.2) is 5.78 Å². The zero-order valence-electron chi connectivity index (χ0n) is 19.4. The van der Waals surface area contributed by atoms with Crippen LogP contribution >= 0.6 is 11.6 Å². The molecule has 184 valence electrons. The van der Waals surface area contributed by atoms with Gasteiger partial charge in [-0.25, -0.2) is 4.39 Å². The van der Waals surface area contributed by atoms with Gasteiger partial charge in [0.1, 0.15) is 6.17 Å². The number of carbonyl (C=O) groups is 3. The molecule has 4 rings (SSSR count). The van der Waals surface area contributed by atoms with Crippen LogP contribution in [0.1, 0.15) is 65.7 Å². The van der Waals surface area contributed by atoms with Crippen LogP contribution in [0.2, 0.25) is 0 Å². The summed E-state index contributed by atoms with van der Waals surface area (Å²) in [7, 11) is 0. The first-order chi connectivity index (χ1) is 15.2. The van der Waals surface area contributed by atoms with Gasteiger partial charge in [-0.05, 0) is 72.8 Å². The SMILES string of the molecule is C[C@H]1C[C@H]2[C@@H]3C[C@H](F)C4=CC(=O)C(O)(O)C[C@]4(C)[C@H]3CC[C@]2(C)[C@@]1(CCC(=O)O)C(=O)CCl. The Morgan fingerprint density at radius 1 is 1.21 bits per heavy atom. The second kappa shape index (κ2) is 7.85. The van der Waals surface area contributed by atoms with Crippen molar-refractivity contribution in [2.75, 3.05) is 5.88 Å². The van der Waals surface area contributed by atoms with Crippen molar-refractivity contribution in [1.29, 1.82) is 0 Å². The molecule has 6 nitrogen and oxygen atoms in total. The number of ketones is 2. The van der Waals surface area contributed by atoms with E-state index >= 15 is 4.39 Å². The standard InChI is InChI=1S/C25H34ClFO6/c1-13-8-16-14-9-18(27)17-10-19(28)25(32,33)12-22(17,2)15(14)4-6-23(16,3)24(13,20(29)11-26)7-5-21(30)31/h10,13-16,18,32-33H,4-9,11-12H2,1-3H3,(H,30,31)/t13-,14+,15-,16-,18-,22+,23-,24+/m0/s1. The third-order valence-corrected chi connectivity index (χ3v) is 10.5. The van der Waals surface area contributed by atoms with E-state index in [1.165, 1.54) is 0 Å². The van der Waals surface area contributed by atoms with Crippen molar-refractivity contribution < 1.29 is 34.1 Å². The van der Waals surface area contributed by atoms with E-state index in [4.69, 9.17) is 11.6 Å². The highest BCUT2D eigenvalue weighted by molar-refractivity contribution is 6.28. The molecule has 0 heterocycles. The number of carboxylic acid groups (broad SMARTS) is 1. The van der Waals surface area contributed by atoms with Crippen molar-refractivity contribution in [2.45, 2.75) is 77.7 Å². The van der Waals surface area contributed by atoms with Crippen LogP contribution < -0.4 is 0 Å². The Morgan fingerprint density at radius 2 is 1.88 bits per heavy atom. The number of carbonyl (C=O) groups excluding carboxylic acids is 2. The minimum absolute atomic E-state index is 0.0201. The highest BCUT2D eigenvalue weighted by Crippen LogP contribution is 2.72. The van der Waals surface area contributed by atoms with E-state index in [-0.39, 0.29) is 61.0 Å². The number of hydrogen-bond donors (Lipinski definition) is 3. The number of allylic oxidation sites excluding steroid dienone is 1. The molecule has 0 aromatic heterocycles. The summed E-state index contributed by atoms with van der Waals surface area (Å²) in [6.45, 7) is 5.87. The Morgan fingerprint density at radius 3 is 2.48 bits per heavy atom. The van der Waals surface area contributed by atoms with Gasteiger partial charge in [0, 0.05) is 23.7 Å². The first-order valence-corrected chi connectivity index (χ1v) is 12.4. The van der Waals surface area contributed by atoms with Crippen molar-refractivity contribution in [1.82, 2.24) is 0 Å². The van der Waals surface area contributed by atoms with E-state index in [1.54, 1.807) is 0 Å². The maximum atomic E-state index is 15.6. The number of rotatable bonds is 5. The van der Waals surface area contributed by atoms with E-state index in [0.717, 1.165) is 6.08 Å². The topological polar surface area (TPSA) is 112 Å². The molecule has 0 unspecified atom stereocenters. The summed E-state index contributed by atoms with van der Waals surface area (Å²) in [6, 6.07) is 0. The average Bonchev–Trinajstić information content (AvgIpc) is 2.95. The molecular weight excluding hydrogens is 451 g/mol. The molecule has 4 aliphatic carbocycles. The second-order valence-electron chi connectivity index (χ2n) is 11.5. The first-order valence-electron chi connectivity index (χ1n) is 11.9. The van der Waals surface area contributed by atoms with Crippen LogP contribution in [-0.2, 0) is 14.4 Å². The second-order valence-corrected chi connectivity index (χ2v) is 11.7. The lowest BCUT2D eigenvalue weighted by atomic mass is 9.43. The summed E-state index contributed by atoms with van der Waals surface area (Å²) in [4.78, 5) is 37.0. The minimum atomic E-state index is -2.51. The molecule has 0 aromatic rings. The van der Waals surface area contributed by atoms with E-state index in [2.05, 4.69) is 6.92 Å². The monoisotopic (exact) mass is 484 g/mol. The zero-order chi connectivity index (χ0) is 24.6. The van der Waals surface area contributed by atoms with Gasteiger partial charge in [0.05, 0.1) is 5.88 Å². The number of carboxylic acids is 1. The van der Waals surface area contributed by atoms with Gasteiger partial charge >= 0.3 is 5.97 Å². The number of Topliss-reactive ketones (excluding diaryl/α,β-unsaturated/α-hetero) is 1. The molecule has 33 heavy (non-hydrogen) atoms. The van der Waals surface area contributed by atoms with Crippen LogP contribution in [0.25, 0.3) is 0 Å². The molecule has 0 aliphatic heterocycles. The largest absolute Gasteiger partial charge is 0.481 e. The van der Waals surface area contributed by atoms with Crippen molar-refractivity contribution >= 4 is 29.1 Å². The lowest BCUT2D eigenvalue weighted by Crippen LogP contribution is -2.59. The summed E-state index contributed by atoms with van der Waals surface area (Å²) < 4.78 is 15.6. The molecule has 0 spiro atoms. The van der Waals surface area contributed by atoms with E-state index in [9.17, 15) is 29.7 Å². The summed E-state index contributed by atoms with van der Waals surface area (Å²) >= 11 is 6.06. The fourth-order valence-electron chi connectivity index (χ4n) is 8.83. The lowest BCUT2D eigenvalue weighted by Gasteiger charge is -2.61. The van der Waals surface area contributed by atoms with E-state index in [0.29, 0.717) is 24.8 Å². The van der Waals surface area contributed by atoms with Gasteiger partial charge in [0.2, 0.25) is 11.6 Å². The zero-order valence-corrected chi connectivity index (χ0v) is 20.2. The predicted molar refractivity (Wildman–Crippen MR) is 119 cm³/mol. The van der Waals surface area contributed by atoms with Crippen molar-refractivity contribution in [3.05, 3.63) is 11.6 Å². The van der Waals surface area contributed by atoms with Crippen LogP contribution in [0.5, 0.6) is 0 Å². The first kappa shape index (κ1) is 24.8. The maximum Gasteiger partial charge on any atom is 0.303 e. The van der Waals surface area contributed by atoms with Gasteiger partial charge in [-0.15, -0.1) is 11.6 Å². The minimum Gasteiger partial charge on any atom is -0.481 e. The summed E-state index contributed by atoms with van der Waals surface area (Å²) in [5.74, 6) is -4.94. The van der Waals surface area contributed by atoms with Crippen molar-refractivity contribution in [2.24, 2.45) is 39.9 Å². The molecule has 8 atom stereocenters. The fourth-order valence-corrected chi connectivity index (χ4v) is 9.07.